The second kappa shape index (κ2) is 8.02. The SMILES string of the molecule is CCNC(=O)C(C#N)=C1SC(CCc2cnc(C)[nH]2)C(=O)N1CC. The highest BCUT2D eigenvalue weighted by atomic mass is 32.2. The molecule has 1 saturated heterocycles. The Bertz CT molecular complexity index is 704. The van der Waals surface area contributed by atoms with E-state index >= 15 is 0 Å². The molecule has 0 bridgehead atoms. The Morgan fingerprint density at radius 3 is 2.83 bits per heavy atom. The summed E-state index contributed by atoms with van der Waals surface area (Å²) in [4.78, 5) is 33.5. The molecule has 2 rings (SSSR count). The zero-order chi connectivity index (χ0) is 17.7. The molecule has 0 radical (unpaired) electrons. The van der Waals surface area contributed by atoms with Crippen LogP contribution in [0.2, 0.25) is 0 Å². The summed E-state index contributed by atoms with van der Waals surface area (Å²) in [5.41, 5.74) is 0.988. The first-order valence-electron chi connectivity index (χ1n) is 7.92. The molecule has 1 aromatic rings. The maximum Gasteiger partial charge on any atom is 0.264 e. The largest absolute Gasteiger partial charge is 0.352 e. The minimum Gasteiger partial charge on any atom is -0.352 e. The number of rotatable bonds is 6. The standard InChI is InChI=1S/C16H21N5O2S/c1-4-18-14(22)12(8-17)16-21(5-2)15(23)13(24-16)7-6-11-9-19-10(3)20-11/h9,13H,4-7H2,1-3H3,(H,18,22)(H,19,20). The zero-order valence-corrected chi connectivity index (χ0v) is 14.9. The van der Waals surface area contributed by atoms with Gasteiger partial charge in [-0.15, -0.1) is 0 Å². The summed E-state index contributed by atoms with van der Waals surface area (Å²) in [6.07, 6.45) is 3.08. The van der Waals surface area contributed by atoms with Crippen LogP contribution >= 0.6 is 11.8 Å². The smallest absolute Gasteiger partial charge is 0.264 e. The number of hydrogen-bond donors (Lipinski definition) is 2. The molecule has 0 aromatic carbocycles. The lowest BCUT2D eigenvalue weighted by atomic mass is 10.2. The highest BCUT2D eigenvalue weighted by molar-refractivity contribution is 8.04. The summed E-state index contributed by atoms with van der Waals surface area (Å²) in [7, 11) is 0. The second-order valence-corrected chi connectivity index (χ2v) is 6.56. The number of nitrogens with zero attached hydrogens (tertiary/aromatic N) is 3. The molecule has 0 spiro atoms. The molecule has 2 heterocycles. The van der Waals surface area contributed by atoms with E-state index < -0.39 is 5.91 Å². The van der Waals surface area contributed by atoms with E-state index in [0.29, 0.717) is 31.0 Å². The van der Waals surface area contributed by atoms with Crippen molar-refractivity contribution in [3.05, 3.63) is 28.3 Å². The van der Waals surface area contributed by atoms with Crippen molar-refractivity contribution in [1.29, 1.82) is 5.26 Å². The zero-order valence-electron chi connectivity index (χ0n) is 14.0. The number of imidazole rings is 1. The Labute approximate surface area is 145 Å². The van der Waals surface area contributed by atoms with Gasteiger partial charge in [0.05, 0.1) is 5.25 Å². The van der Waals surface area contributed by atoms with E-state index in [1.807, 2.05) is 19.9 Å². The summed E-state index contributed by atoms with van der Waals surface area (Å²) >= 11 is 1.30. The van der Waals surface area contributed by atoms with E-state index in [4.69, 9.17) is 0 Å². The Morgan fingerprint density at radius 2 is 2.29 bits per heavy atom. The van der Waals surface area contributed by atoms with Crippen molar-refractivity contribution in [2.24, 2.45) is 0 Å². The molecule has 1 fully saturated rings. The highest BCUT2D eigenvalue weighted by Crippen LogP contribution is 2.39. The van der Waals surface area contributed by atoms with Crippen molar-refractivity contribution in [2.45, 2.75) is 38.9 Å². The lowest BCUT2D eigenvalue weighted by Gasteiger charge is -2.15. The number of aryl methyl sites for hydroxylation is 2. The van der Waals surface area contributed by atoms with Gasteiger partial charge in [0.15, 0.2) is 0 Å². The quantitative estimate of drug-likeness (QED) is 0.599. The van der Waals surface area contributed by atoms with Crippen molar-refractivity contribution in [3.8, 4) is 6.07 Å². The predicted octanol–water partition coefficient (Wildman–Crippen LogP) is 1.49. The van der Waals surface area contributed by atoms with Crippen LogP contribution in [0.25, 0.3) is 0 Å². The molecular formula is C16H21N5O2S. The fourth-order valence-electron chi connectivity index (χ4n) is 2.53. The van der Waals surface area contributed by atoms with Crippen molar-refractivity contribution in [1.82, 2.24) is 20.2 Å². The van der Waals surface area contributed by atoms with Crippen LogP contribution in [0.5, 0.6) is 0 Å². The molecule has 2 N–H and O–H groups in total. The van der Waals surface area contributed by atoms with Crippen LogP contribution in [0.15, 0.2) is 16.8 Å². The van der Waals surface area contributed by atoms with Gasteiger partial charge in [-0.25, -0.2) is 4.98 Å². The number of nitrogens with one attached hydrogen (secondary N) is 2. The van der Waals surface area contributed by atoms with Crippen molar-refractivity contribution >= 4 is 23.6 Å². The van der Waals surface area contributed by atoms with Gasteiger partial charge >= 0.3 is 0 Å². The van der Waals surface area contributed by atoms with E-state index in [0.717, 1.165) is 11.5 Å². The topological polar surface area (TPSA) is 102 Å². The Morgan fingerprint density at radius 1 is 1.54 bits per heavy atom. The van der Waals surface area contributed by atoms with Gasteiger partial charge in [0.2, 0.25) is 5.91 Å². The van der Waals surface area contributed by atoms with Gasteiger partial charge < -0.3 is 15.2 Å². The van der Waals surface area contributed by atoms with Crippen LogP contribution in [0.1, 0.15) is 31.8 Å². The number of aromatic amines is 1. The fraction of sp³-hybridized carbons (Fsp3) is 0.500. The molecule has 2 amide bonds. The van der Waals surface area contributed by atoms with Gasteiger partial charge in [-0.1, -0.05) is 11.8 Å². The summed E-state index contributed by atoms with van der Waals surface area (Å²) < 4.78 is 0. The number of aromatic nitrogens is 2. The first kappa shape index (κ1) is 18.1. The average Bonchev–Trinajstić information content (AvgIpc) is 3.10. The maximum atomic E-state index is 12.6. The molecule has 1 atom stereocenters. The van der Waals surface area contributed by atoms with Gasteiger partial charge in [-0.3, -0.25) is 9.59 Å². The van der Waals surface area contributed by atoms with Gasteiger partial charge in [0.1, 0.15) is 22.5 Å². The Hall–Kier alpha value is -2.27. The third-order valence-electron chi connectivity index (χ3n) is 3.68. The molecule has 1 aromatic heterocycles. The molecule has 24 heavy (non-hydrogen) atoms. The van der Waals surface area contributed by atoms with Gasteiger partial charge in [0, 0.05) is 25.0 Å². The first-order chi connectivity index (χ1) is 11.5. The molecule has 1 aliphatic heterocycles. The van der Waals surface area contributed by atoms with Crippen LogP contribution in [0, 0.1) is 18.3 Å². The van der Waals surface area contributed by atoms with E-state index in [2.05, 4.69) is 15.3 Å². The first-order valence-corrected chi connectivity index (χ1v) is 8.80. The normalized spacial score (nSPS) is 19.3. The third kappa shape index (κ3) is 3.79. The summed E-state index contributed by atoms with van der Waals surface area (Å²) in [6, 6.07) is 1.95. The molecule has 8 heteroatoms. The summed E-state index contributed by atoms with van der Waals surface area (Å²) in [5, 5.41) is 12.1. The number of carbonyl (C=O) groups excluding carboxylic acids is 2. The van der Waals surface area contributed by atoms with E-state index in [-0.39, 0.29) is 16.7 Å². The summed E-state index contributed by atoms with van der Waals surface area (Å²) in [6.45, 7) is 6.38. The number of likely N-dealkylation sites (N-methyl/N-ethyl adjacent to an activating group) is 1. The lowest BCUT2D eigenvalue weighted by molar-refractivity contribution is -0.127. The Kier molecular flexibility index (Phi) is 6.04. The molecule has 0 saturated carbocycles. The predicted molar refractivity (Wildman–Crippen MR) is 91.7 cm³/mol. The average molecular weight is 347 g/mol. The van der Waals surface area contributed by atoms with Crippen LogP contribution in [-0.2, 0) is 16.0 Å². The second-order valence-electron chi connectivity index (χ2n) is 5.37. The van der Waals surface area contributed by atoms with Crippen molar-refractivity contribution in [2.75, 3.05) is 13.1 Å². The number of hydrogen-bond acceptors (Lipinski definition) is 5. The number of amides is 2. The van der Waals surface area contributed by atoms with Gasteiger partial charge in [-0.05, 0) is 33.6 Å². The molecular weight excluding hydrogens is 326 g/mol. The van der Waals surface area contributed by atoms with Crippen molar-refractivity contribution in [3.63, 3.8) is 0 Å². The number of nitriles is 1. The van der Waals surface area contributed by atoms with E-state index in [1.165, 1.54) is 16.7 Å². The lowest BCUT2D eigenvalue weighted by Crippen LogP contribution is -2.31. The molecule has 1 aliphatic rings. The molecule has 1 unspecified atom stereocenters. The minimum absolute atomic E-state index is 0.0111. The van der Waals surface area contributed by atoms with Gasteiger partial charge in [-0.2, -0.15) is 5.26 Å². The van der Waals surface area contributed by atoms with Crippen LogP contribution in [0.4, 0.5) is 0 Å². The fourth-order valence-corrected chi connectivity index (χ4v) is 3.86. The number of thioether (sulfide) groups is 1. The maximum absolute atomic E-state index is 12.6. The molecule has 0 aliphatic carbocycles. The van der Waals surface area contributed by atoms with Gasteiger partial charge in [0.25, 0.3) is 5.91 Å². The minimum atomic E-state index is -0.432. The van der Waals surface area contributed by atoms with Crippen LogP contribution in [-0.4, -0.2) is 45.0 Å². The van der Waals surface area contributed by atoms with E-state index in [9.17, 15) is 14.9 Å². The molecule has 7 nitrogen and oxygen atoms in total. The highest BCUT2D eigenvalue weighted by Gasteiger charge is 2.38. The van der Waals surface area contributed by atoms with E-state index in [1.54, 1.807) is 13.1 Å². The summed E-state index contributed by atoms with van der Waals surface area (Å²) in [5.74, 6) is 0.360. The third-order valence-corrected chi connectivity index (χ3v) is 5.05. The number of H-pyrrole nitrogens is 1. The molecule has 128 valence electrons. The van der Waals surface area contributed by atoms with Crippen LogP contribution in [0.3, 0.4) is 0 Å². The van der Waals surface area contributed by atoms with Crippen molar-refractivity contribution < 1.29 is 9.59 Å². The number of carbonyl (C=O) groups is 2. The monoisotopic (exact) mass is 347 g/mol. The van der Waals surface area contributed by atoms with Crippen LogP contribution < -0.4 is 5.32 Å². The Balaban J connectivity index is 2.18.